The lowest BCUT2D eigenvalue weighted by Crippen LogP contribution is -2.52. The van der Waals surface area contributed by atoms with E-state index in [1.165, 1.54) is 0 Å². The molecule has 0 spiro atoms. The van der Waals surface area contributed by atoms with Crippen molar-refractivity contribution in [3.8, 4) is 0 Å². The van der Waals surface area contributed by atoms with Gasteiger partial charge in [-0.25, -0.2) is 0 Å². The third-order valence-corrected chi connectivity index (χ3v) is 1.91. The van der Waals surface area contributed by atoms with Gasteiger partial charge in [0.05, 0.1) is 21.1 Å². The zero-order valence-electron chi connectivity index (χ0n) is 10.9. The van der Waals surface area contributed by atoms with Crippen LogP contribution in [0.1, 0.15) is 26.2 Å². The Morgan fingerprint density at radius 2 is 1.82 bits per heavy atom. The standard InChI is InChI=1S/C11H21NO5/c1-5-6-10(15)17-11(16,7-9(13)14)8-12(2,3)4/h16H,5-8H2,1-4H3/p+1. The third kappa shape index (κ3) is 7.70. The van der Waals surface area contributed by atoms with Gasteiger partial charge in [-0.15, -0.1) is 0 Å². The molecule has 0 aromatic heterocycles. The van der Waals surface area contributed by atoms with Crippen LogP contribution in [-0.2, 0) is 14.3 Å². The Kier molecular flexibility index (Phi) is 5.57. The van der Waals surface area contributed by atoms with E-state index in [0.717, 1.165) is 0 Å². The van der Waals surface area contributed by atoms with Crippen molar-refractivity contribution in [3.05, 3.63) is 0 Å². The average molecular weight is 248 g/mol. The van der Waals surface area contributed by atoms with Crippen LogP contribution in [0, 0.1) is 0 Å². The van der Waals surface area contributed by atoms with E-state index >= 15 is 0 Å². The topological polar surface area (TPSA) is 83.8 Å². The molecule has 1 atom stereocenters. The third-order valence-electron chi connectivity index (χ3n) is 1.91. The second-order valence-electron chi connectivity index (χ2n) is 5.19. The van der Waals surface area contributed by atoms with E-state index in [2.05, 4.69) is 0 Å². The van der Waals surface area contributed by atoms with E-state index < -0.39 is 24.1 Å². The molecule has 0 aromatic rings. The van der Waals surface area contributed by atoms with E-state index in [4.69, 9.17) is 9.84 Å². The zero-order chi connectivity index (χ0) is 13.7. The molecule has 0 bridgehead atoms. The number of likely N-dealkylation sites (N-methyl/N-ethyl adjacent to an activating group) is 1. The second kappa shape index (κ2) is 5.97. The smallest absolute Gasteiger partial charge is 0.310 e. The Morgan fingerprint density at radius 3 is 2.18 bits per heavy atom. The van der Waals surface area contributed by atoms with E-state index in [0.29, 0.717) is 10.9 Å². The lowest BCUT2D eigenvalue weighted by atomic mass is 10.1. The highest BCUT2D eigenvalue weighted by Gasteiger charge is 2.39. The van der Waals surface area contributed by atoms with Crippen LogP contribution in [0.4, 0.5) is 0 Å². The first-order valence-electron chi connectivity index (χ1n) is 5.54. The van der Waals surface area contributed by atoms with Gasteiger partial charge in [-0.05, 0) is 6.42 Å². The minimum absolute atomic E-state index is 0.0226. The van der Waals surface area contributed by atoms with E-state index in [1.54, 1.807) is 28.1 Å². The normalized spacial score (nSPS) is 15.1. The number of hydrogen-bond donors (Lipinski definition) is 2. The molecular formula is C11H22NO5+. The first kappa shape index (κ1) is 15.9. The lowest BCUT2D eigenvalue weighted by molar-refractivity contribution is -0.880. The number of carboxylic acid groups (broad SMARTS) is 1. The van der Waals surface area contributed by atoms with Crippen molar-refractivity contribution < 1.29 is 29.0 Å². The monoisotopic (exact) mass is 248 g/mol. The Bertz CT molecular complexity index is 284. The van der Waals surface area contributed by atoms with Crippen LogP contribution in [0.15, 0.2) is 0 Å². The van der Waals surface area contributed by atoms with E-state index in [1.807, 2.05) is 0 Å². The zero-order valence-corrected chi connectivity index (χ0v) is 10.9. The molecule has 6 nitrogen and oxygen atoms in total. The van der Waals surface area contributed by atoms with Gasteiger partial charge in [0.1, 0.15) is 13.0 Å². The highest BCUT2D eigenvalue weighted by Crippen LogP contribution is 2.17. The summed E-state index contributed by atoms with van der Waals surface area (Å²) in [7, 11) is 5.33. The van der Waals surface area contributed by atoms with Gasteiger partial charge in [0.25, 0.3) is 5.79 Å². The number of quaternary nitrogens is 1. The Hall–Kier alpha value is -1.14. The maximum atomic E-state index is 11.3. The Morgan fingerprint density at radius 1 is 1.29 bits per heavy atom. The predicted molar refractivity (Wildman–Crippen MR) is 61.1 cm³/mol. The Balaban J connectivity index is 4.72. The van der Waals surface area contributed by atoms with Crippen LogP contribution in [0.5, 0.6) is 0 Å². The second-order valence-corrected chi connectivity index (χ2v) is 5.19. The molecule has 1 unspecified atom stereocenters. The minimum Gasteiger partial charge on any atom is -0.481 e. The van der Waals surface area contributed by atoms with Gasteiger partial charge in [-0.3, -0.25) is 9.59 Å². The predicted octanol–water partition coefficient (Wildman–Crippen LogP) is 0.199. The first-order chi connectivity index (χ1) is 7.58. The summed E-state index contributed by atoms with van der Waals surface area (Å²) in [6, 6.07) is 0. The molecule has 0 saturated heterocycles. The van der Waals surface area contributed by atoms with Gasteiger partial charge in [-0.2, -0.15) is 0 Å². The summed E-state index contributed by atoms with van der Waals surface area (Å²) in [6.45, 7) is 1.83. The molecule has 0 heterocycles. The van der Waals surface area contributed by atoms with Crippen molar-refractivity contribution in [3.63, 3.8) is 0 Å². The number of nitrogens with zero attached hydrogens (tertiary/aromatic N) is 1. The van der Waals surface area contributed by atoms with Gasteiger partial charge >= 0.3 is 11.9 Å². The highest BCUT2D eigenvalue weighted by atomic mass is 16.7. The summed E-state index contributed by atoms with van der Waals surface area (Å²) in [4.78, 5) is 22.0. The largest absolute Gasteiger partial charge is 0.481 e. The van der Waals surface area contributed by atoms with Crippen LogP contribution in [0.25, 0.3) is 0 Å². The molecule has 0 radical (unpaired) electrons. The number of carboxylic acids is 1. The number of carbonyl (C=O) groups excluding carboxylic acids is 1. The van der Waals surface area contributed by atoms with Crippen molar-refractivity contribution in [2.24, 2.45) is 0 Å². The fourth-order valence-electron chi connectivity index (χ4n) is 1.57. The SMILES string of the molecule is CCCC(=O)OC(O)(CC(=O)O)C[N+](C)(C)C. The van der Waals surface area contributed by atoms with Crippen molar-refractivity contribution >= 4 is 11.9 Å². The molecule has 2 N–H and O–H groups in total. The molecule has 6 heteroatoms. The molecule has 0 aliphatic rings. The van der Waals surface area contributed by atoms with Crippen molar-refractivity contribution in [2.75, 3.05) is 27.7 Å². The lowest BCUT2D eigenvalue weighted by Gasteiger charge is -2.33. The van der Waals surface area contributed by atoms with Gasteiger partial charge < -0.3 is 19.4 Å². The van der Waals surface area contributed by atoms with Gasteiger partial charge in [0.15, 0.2) is 0 Å². The van der Waals surface area contributed by atoms with Crippen molar-refractivity contribution in [1.82, 2.24) is 0 Å². The average Bonchev–Trinajstić information content (AvgIpc) is 1.95. The van der Waals surface area contributed by atoms with Crippen LogP contribution < -0.4 is 0 Å². The summed E-state index contributed by atoms with van der Waals surface area (Å²) >= 11 is 0. The number of aliphatic hydroxyl groups is 1. The van der Waals surface area contributed by atoms with Gasteiger partial charge in [0.2, 0.25) is 0 Å². The molecule has 0 amide bonds. The molecule has 0 aromatic carbocycles. The maximum absolute atomic E-state index is 11.3. The number of hydrogen-bond acceptors (Lipinski definition) is 4. The molecule has 0 aliphatic carbocycles. The maximum Gasteiger partial charge on any atom is 0.310 e. The molecule has 0 rings (SSSR count). The highest BCUT2D eigenvalue weighted by molar-refractivity contribution is 5.72. The number of ether oxygens (including phenoxy) is 1. The number of carbonyl (C=O) groups is 2. The quantitative estimate of drug-likeness (QED) is 0.382. The Labute approximate surface area is 101 Å². The first-order valence-corrected chi connectivity index (χ1v) is 5.54. The number of aliphatic carboxylic acids is 1. The van der Waals surface area contributed by atoms with Crippen molar-refractivity contribution in [2.45, 2.75) is 32.0 Å². The molecule has 100 valence electrons. The van der Waals surface area contributed by atoms with Crippen LogP contribution in [0.3, 0.4) is 0 Å². The number of rotatable bonds is 7. The van der Waals surface area contributed by atoms with Crippen LogP contribution in [-0.4, -0.2) is 60.1 Å². The van der Waals surface area contributed by atoms with E-state index in [-0.39, 0.29) is 13.0 Å². The van der Waals surface area contributed by atoms with Crippen molar-refractivity contribution in [1.29, 1.82) is 0 Å². The summed E-state index contributed by atoms with van der Waals surface area (Å²) in [5, 5.41) is 18.8. The minimum atomic E-state index is -1.95. The van der Waals surface area contributed by atoms with Gasteiger partial charge in [-0.1, -0.05) is 6.92 Å². The molecule has 17 heavy (non-hydrogen) atoms. The summed E-state index contributed by atoms with van der Waals surface area (Å²) in [5.74, 6) is -3.73. The summed E-state index contributed by atoms with van der Waals surface area (Å²) < 4.78 is 5.18. The van der Waals surface area contributed by atoms with Gasteiger partial charge in [0, 0.05) is 6.42 Å². The fraction of sp³-hybridized carbons (Fsp3) is 0.818. The molecule has 0 aliphatic heterocycles. The fourth-order valence-corrected chi connectivity index (χ4v) is 1.57. The molecule has 0 saturated carbocycles. The van der Waals surface area contributed by atoms with Crippen LogP contribution in [0.2, 0.25) is 0 Å². The number of esters is 1. The summed E-state index contributed by atoms with van der Waals surface area (Å²) in [6.07, 6.45) is 0.142. The molecular weight excluding hydrogens is 226 g/mol. The van der Waals surface area contributed by atoms with E-state index in [9.17, 15) is 14.7 Å². The molecule has 0 fully saturated rings. The summed E-state index contributed by atoms with van der Waals surface area (Å²) in [5.41, 5.74) is 0. The van der Waals surface area contributed by atoms with Crippen LogP contribution >= 0.6 is 0 Å².